The van der Waals surface area contributed by atoms with Crippen LogP contribution in [0.15, 0.2) is 41.3 Å². The van der Waals surface area contributed by atoms with E-state index in [-0.39, 0.29) is 16.5 Å². The minimum Gasteiger partial charge on any atom is -0.448 e. The van der Waals surface area contributed by atoms with Crippen LogP contribution in [-0.4, -0.2) is 19.6 Å². The summed E-state index contributed by atoms with van der Waals surface area (Å²) >= 11 is 11.8. The zero-order chi connectivity index (χ0) is 16.5. The minimum absolute atomic E-state index is 0.0860. The largest absolute Gasteiger partial charge is 0.448 e. The van der Waals surface area contributed by atoms with Crippen molar-refractivity contribution in [3.05, 3.63) is 56.6 Å². The Balaban J connectivity index is 2.61. The van der Waals surface area contributed by atoms with Gasteiger partial charge in [-0.3, -0.25) is 10.1 Å². The molecule has 0 heterocycles. The fourth-order valence-electron chi connectivity index (χ4n) is 1.74. The Morgan fingerprint density at radius 2 is 1.82 bits per heavy atom. The monoisotopic (exact) mass is 361 g/mol. The molecule has 0 radical (unpaired) electrons. The molecule has 2 aromatic carbocycles. The van der Waals surface area contributed by atoms with Crippen molar-refractivity contribution in [1.82, 2.24) is 0 Å². The quantitative estimate of drug-likeness (QED) is 0.604. The standard InChI is InChI=1S/C13H9Cl2NO5S/c1-22(19,20)12-4-2-3-10(13(12)16(17)18)21-11-7-8(14)5-6-9(11)15/h2-7H,1H3. The molecule has 6 nitrogen and oxygen atoms in total. The van der Waals surface area contributed by atoms with Gasteiger partial charge in [-0.15, -0.1) is 0 Å². The summed E-state index contributed by atoms with van der Waals surface area (Å²) in [5.41, 5.74) is -0.652. The molecule has 0 aliphatic heterocycles. The molecule has 0 unspecified atom stereocenters. The zero-order valence-electron chi connectivity index (χ0n) is 11.1. The van der Waals surface area contributed by atoms with E-state index >= 15 is 0 Å². The molecule has 0 aliphatic carbocycles. The highest BCUT2D eigenvalue weighted by atomic mass is 35.5. The lowest BCUT2D eigenvalue weighted by Crippen LogP contribution is -2.04. The molecule has 0 atom stereocenters. The maximum atomic E-state index is 11.7. The first-order chi connectivity index (χ1) is 10.2. The van der Waals surface area contributed by atoms with Crippen LogP contribution in [0.25, 0.3) is 0 Å². The SMILES string of the molecule is CS(=O)(=O)c1cccc(Oc2cc(Cl)ccc2Cl)c1[N+](=O)[O-]. The molecule has 0 aromatic heterocycles. The lowest BCUT2D eigenvalue weighted by Gasteiger charge is -2.10. The Kier molecular flexibility index (Phi) is 4.60. The highest BCUT2D eigenvalue weighted by Gasteiger charge is 2.27. The van der Waals surface area contributed by atoms with Gasteiger partial charge in [0.15, 0.2) is 9.84 Å². The Bertz CT molecular complexity index is 852. The Morgan fingerprint density at radius 1 is 1.14 bits per heavy atom. The van der Waals surface area contributed by atoms with Crippen molar-refractivity contribution < 1.29 is 18.1 Å². The summed E-state index contributed by atoms with van der Waals surface area (Å²) < 4.78 is 28.7. The number of para-hydroxylation sites is 1. The zero-order valence-corrected chi connectivity index (χ0v) is 13.4. The number of halogens is 2. The Hall–Kier alpha value is -1.83. The van der Waals surface area contributed by atoms with Crippen LogP contribution in [0.2, 0.25) is 10.0 Å². The Morgan fingerprint density at radius 3 is 2.41 bits per heavy atom. The van der Waals surface area contributed by atoms with Gasteiger partial charge in [-0.05, 0) is 24.3 Å². The van der Waals surface area contributed by atoms with Gasteiger partial charge in [-0.25, -0.2) is 8.42 Å². The second-order valence-electron chi connectivity index (χ2n) is 4.31. The summed E-state index contributed by atoms with van der Waals surface area (Å²) in [5, 5.41) is 11.7. The molecular weight excluding hydrogens is 353 g/mol. The van der Waals surface area contributed by atoms with Crippen LogP contribution in [0.1, 0.15) is 0 Å². The second kappa shape index (κ2) is 6.12. The molecule has 9 heteroatoms. The van der Waals surface area contributed by atoms with E-state index in [0.29, 0.717) is 5.02 Å². The summed E-state index contributed by atoms with van der Waals surface area (Å²) in [7, 11) is -3.79. The van der Waals surface area contributed by atoms with Gasteiger partial charge in [0.2, 0.25) is 5.75 Å². The third kappa shape index (κ3) is 3.49. The normalized spacial score (nSPS) is 11.2. The lowest BCUT2D eigenvalue weighted by molar-refractivity contribution is -0.388. The second-order valence-corrected chi connectivity index (χ2v) is 7.14. The average molecular weight is 362 g/mol. The van der Waals surface area contributed by atoms with Crippen LogP contribution >= 0.6 is 23.2 Å². The molecule has 0 amide bonds. The third-order valence-electron chi connectivity index (χ3n) is 2.66. The number of nitro benzene ring substituents is 1. The van der Waals surface area contributed by atoms with Crippen LogP contribution in [0.3, 0.4) is 0 Å². The smallest absolute Gasteiger partial charge is 0.330 e. The van der Waals surface area contributed by atoms with E-state index < -0.39 is 25.3 Å². The van der Waals surface area contributed by atoms with Crippen molar-refractivity contribution >= 4 is 38.7 Å². The van der Waals surface area contributed by atoms with Crippen molar-refractivity contribution in [2.75, 3.05) is 6.26 Å². The summed E-state index contributed by atoms with van der Waals surface area (Å²) in [5.74, 6) is -0.153. The maximum Gasteiger partial charge on any atom is 0.330 e. The summed E-state index contributed by atoms with van der Waals surface area (Å²) in [6.07, 6.45) is 0.880. The first-order valence-corrected chi connectivity index (χ1v) is 8.45. The molecule has 0 fully saturated rings. The topological polar surface area (TPSA) is 86.5 Å². The predicted molar refractivity (Wildman–Crippen MR) is 82.7 cm³/mol. The first kappa shape index (κ1) is 16.5. The van der Waals surface area contributed by atoms with E-state index in [1.54, 1.807) is 0 Å². The third-order valence-corrected chi connectivity index (χ3v) is 4.33. The van der Waals surface area contributed by atoms with Gasteiger partial charge in [0.1, 0.15) is 10.6 Å². The number of hydrogen-bond donors (Lipinski definition) is 0. The van der Waals surface area contributed by atoms with Crippen molar-refractivity contribution in [2.45, 2.75) is 4.90 Å². The van der Waals surface area contributed by atoms with Crippen molar-refractivity contribution in [2.24, 2.45) is 0 Å². The van der Waals surface area contributed by atoms with Gasteiger partial charge in [0.25, 0.3) is 0 Å². The molecule has 0 saturated heterocycles. The summed E-state index contributed by atoms with van der Waals surface area (Å²) in [4.78, 5) is 9.98. The van der Waals surface area contributed by atoms with Crippen LogP contribution in [0.4, 0.5) is 5.69 Å². The number of ether oxygens (including phenoxy) is 1. The Labute approximate surface area is 136 Å². The van der Waals surface area contributed by atoms with Crippen molar-refractivity contribution in [1.29, 1.82) is 0 Å². The van der Waals surface area contributed by atoms with Crippen LogP contribution in [0.5, 0.6) is 11.5 Å². The molecule has 22 heavy (non-hydrogen) atoms. The van der Waals surface area contributed by atoms with Gasteiger partial charge < -0.3 is 4.74 Å². The number of rotatable bonds is 4. The molecule has 0 aliphatic rings. The molecule has 0 N–H and O–H groups in total. The first-order valence-electron chi connectivity index (χ1n) is 5.80. The van der Waals surface area contributed by atoms with Gasteiger partial charge in [0, 0.05) is 17.3 Å². The number of hydrogen-bond acceptors (Lipinski definition) is 5. The van der Waals surface area contributed by atoms with Crippen molar-refractivity contribution in [3.63, 3.8) is 0 Å². The highest BCUT2D eigenvalue weighted by molar-refractivity contribution is 7.90. The van der Waals surface area contributed by atoms with E-state index in [9.17, 15) is 18.5 Å². The summed E-state index contributed by atoms with van der Waals surface area (Å²) in [6, 6.07) is 8.13. The lowest BCUT2D eigenvalue weighted by atomic mass is 10.3. The number of benzene rings is 2. The van der Waals surface area contributed by atoms with Crippen LogP contribution in [-0.2, 0) is 9.84 Å². The summed E-state index contributed by atoms with van der Waals surface area (Å²) in [6.45, 7) is 0. The molecule has 116 valence electrons. The number of sulfone groups is 1. The van der Waals surface area contributed by atoms with Gasteiger partial charge in [-0.1, -0.05) is 29.3 Å². The van der Waals surface area contributed by atoms with E-state index in [4.69, 9.17) is 27.9 Å². The molecule has 0 bridgehead atoms. The van der Waals surface area contributed by atoms with Crippen LogP contribution < -0.4 is 4.74 Å². The molecular formula is C13H9Cl2NO5S. The van der Waals surface area contributed by atoms with Crippen LogP contribution in [0, 0.1) is 10.1 Å². The van der Waals surface area contributed by atoms with Gasteiger partial charge >= 0.3 is 5.69 Å². The minimum atomic E-state index is -3.79. The average Bonchev–Trinajstić information content (AvgIpc) is 2.41. The number of nitro groups is 1. The fraction of sp³-hybridized carbons (Fsp3) is 0.0769. The van der Waals surface area contributed by atoms with E-state index in [1.807, 2.05) is 0 Å². The van der Waals surface area contributed by atoms with E-state index in [1.165, 1.54) is 30.3 Å². The highest BCUT2D eigenvalue weighted by Crippen LogP contribution is 2.39. The van der Waals surface area contributed by atoms with Crippen molar-refractivity contribution in [3.8, 4) is 11.5 Å². The van der Waals surface area contributed by atoms with E-state index in [2.05, 4.69) is 0 Å². The predicted octanol–water partition coefficient (Wildman–Crippen LogP) is 4.10. The molecule has 2 rings (SSSR count). The molecule has 2 aromatic rings. The molecule has 0 spiro atoms. The molecule has 0 saturated carbocycles. The fourth-order valence-corrected chi connectivity index (χ4v) is 2.91. The van der Waals surface area contributed by atoms with Gasteiger partial charge in [-0.2, -0.15) is 0 Å². The van der Waals surface area contributed by atoms with E-state index in [0.717, 1.165) is 12.3 Å². The maximum absolute atomic E-state index is 11.7. The van der Waals surface area contributed by atoms with Gasteiger partial charge in [0.05, 0.1) is 9.95 Å². The number of nitrogens with zero attached hydrogens (tertiary/aromatic N) is 1.